The van der Waals surface area contributed by atoms with Gasteiger partial charge in [-0.1, -0.05) is 53.7 Å². The lowest BCUT2D eigenvalue weighted by atomic mass is 9.66. The Morgan fingerprint density at radius 2 is 1.79 bits per heavy atom. The van der Waals surface area contributed by atoms with Crippen molar-refractivity contribution in [1.82, 2.24) is 0 Å². The van der Waals surface area contributed by atoms with E-state index in [1.165, 1.54) is 0 Å². The van der Waals surface area contributed by atoms with E-state index in [0.717, 1.165) is 19.3 Å². The number of ether oxygens (including phenoxy) is 1. The summed E-state index contributed by atoms with van der Waals surface area (Å²) in [5.41, 5.74) is 1.80. The number of hydrogen-bond donors (Lipinski definition) is 0. The van der Waals surface area contributed by atoms with E-state index in [4.69, 9.17) is 9.16 Å². The second-order valence-corrected chi connectivity index (χ2v) is 14.5. The van der Waals surface area contributed by atoms with E-state index in [0.29, 0.717) is 29.1 Å². The first-order valence-corrected chi connectivity index (χ1v) is 11.9. The average Bonchev–Trinajstić information content (AvgIpc) is 3.03. The first kappa shape index (κ1) is 18.2. The molecule has 0 N–H and O–H groups in total. The van der Waals surface area contributed by atoms with Gasteiger partial charge in [-0.25, -0.2) is 0 Å². The van der Waals surface area contributed by atoms with Crippen molar-refractivity contribution in [2.75, 3.05) is 6.61 Å². The number of hydrogen-bond acceptors (Lipinski definition) is 3. The molecule has 1 aliphatic heterocycles. The van der Waals surface area contributed by atoms with Gasteiger partial charge < -0.3 is 9.16 Å². The monoisotopic (exact) mass is 350 g/mol. The van der Waals surface area contributed by atoms with Crippen LogP contribution in [0.2, 0.25) is 16.6 Å². The summed E-state index contributed by atoms with van der Waals surface area (Å²) in [4.78, 5) is 12.2. The molecule has 1 heterocycles. The highest BCUT2D eigenvalue weighted by atomic mass is 28.4. The van der Waals surface area contributed by atoms with Gasteiger partial charge in [0.2, 0.25) is 8.32 Å². The van der Waals surface area contributed by atoms with Gasteiger partial charge in [0, 0.05) is 11.3 Å². The van der Waals surface area contributed by atoms with Crippen LogP contribution in [-0.2, 0) is 14.0 Å². The SMILES string of the molecule is CC(C)[Si](O[C@H]1CC[C@]23COC(=O)[C@H]2CC=C[C@@H]13)(C(C)C)C(C)C. The second-order valence-electron chi connectivity index (χ2n) is 9.10. The minimum Gasteiger partial charge on any atom is -0.465 e. The van der Waals surface area contributed by atoms with Crippen LogP contribution in [0.1, 0.15) is 60.8 Å². The highest BCUT2D eigenvalue weighted by Crippen LogP contribution is 2.58. The van der Waals surface area contributed by atoms with E-state index in [2.05, 4.69) is 53.7 Å². The van der Waals surface area contributed by atoms with Crippen LogP contribution < -0.4 is 0 Å². The fraction of sp³-hybridized carbons (Fsp3) is 0.850. The summed E-state index contributed by atoms with van der Waals surface area (Å²) >= 11 is 0. The first-order chi connectivity index (χ1) is 11.3. The zero-order chi connectivity index (χ0) is 17.7. The van der Waals surface area contributed by atoms with Crippen molar-refractivity contribution >= 4 is 14.3 Å². The Morgan fingerprint density at radius 3 is 2.38 bits per heavy atom. The molecule has 0 bridgehead atoms. The van der Waals surface area contributed by atoms with Crippen LogP contribution in [0.5, 0.6) is 0 Å². The lowest BCUT2D eigenvalue weighted by Gasteiger charge is -2.46. The number of carbonyl (C=O) groups is 1. The van der Waals surface area contributed by atoms with Crippen molar-refractivity contribution in [3.05, 3.63) is 12.2 Å². The molecule has 2 aliphatic carbocycles. The number of allylic oxidation sites excluding steroid dienone is 1. The largest absolute Gasteiger partial charge is 0.465 e. The molecule has 0 aromatic rings. The van der Waals surface area contributed by atoms with Crippen molar-refractivity contribution in [3.63, 3.8) is 0 Å². The predicted molar refractivity (Wildman–Crippen MR) is 99.3 cm³/mol. The molecule has 3 nitrogen and oxygen atoms in total. The lowest BCUT2D eigenvalue weighted by Crippen LogP contribution is -2.52. The Kier molecular flexibility index (Phi) is 4.76. The third-order valence-corrected chi connectivity index (χ3v) is 13.3. The Morgan fingerprint density at radius 1 is 1.17 bits per heavy atom. The minimum absolute atomic E-state index is 0.0155. The van der Waals surface area contributed by atoms with E-state index in [1.807, 2.05) is 0 Å². The van der Waals surface area contributed by atoms with Gasteiger partial charge in [0.05, 0.1) is 18.6 Å². The van der Waals surface area contributed by atoms with Gasteiger partial charge >= 0.3 is 5.97 Å². The van der Waals surface area contributed by atoms with Crippen molar-refractivity contribution in [1.29, 1.82) is 0 Å². The van der Waals surface area contributed by atoms with Gasteiger partial charge in [-0.05, 0) is 35.9 Å². The fourth-order valence-electron chi connectivity index (χ4n) is 6.15. The van der Waals surface area contributed by atoms with Gasteiger partial charge in [-0.15, -0.1) is 0 Å². The molecule has 24 heavy (non-hydrogen) atoms. The van der Waals surface area contributed by atoms with Gasteiger partial charge in [0.25, 0.3) is 0 Å². The molecule has 4 heteroatoms. The summed E-state index contributed by atoms with van der Waals surface area (Å²) < 4.78 is 12.6. The van der Waals surface area contributed by atoms with E-state index in [1.54, 1.807) is 0 Å². The third-order valence-electron chi connectivity index (χ3n) is 7.20. The second kappa shape index (κ2) is 6.28. The van der Waals surface area contributed by atoms with Crippen LogP contribution in [0.4, 0.5) is 0 Å². The van der Waals surface area contributed by atoms with Crippen LogP contribution in [0.3, 0.4) is 0 Å². The molecule has 0 aromatic heterocycles. The van der Waals surface area contributed by atoms with Crippen molar-refractivity contribution < 1.29 is 14.0 Å². The van der Waals surface area contributed by atoms with Crippen LogP contribution in [0, 0.1) is 17.3 Å². The average molecular weight is 351 g/mol. The zero-order valence-electron chi connectivity index (χ0n) is 16.2. The van der Waals surface area contributed by atoms with Crippen LogP contribution in [-0.4, -0.2) is 27.0 Å². The summed E-state index contributed by atoms with van der Waals surface area (Å²) in [6.45, 7) is 14.7. The number of esters is 1. The highest BCUT2D eigenvalue weighted by molar-refractivity contribution is 6.77. The number of rotatable bonds is 5. The Balaban J connectivity index is 1.90. The summed E-state index contributed by atoms with van der Waals surface area (Å²) in [5, 5.41) is 0. The Labute approximate surface area is 148 Å². The molecule has 3 aliphatic rings. The molecule has 2 fully saturated rings. The molecule has 1 saturated carbocycles. The summed E-state index contributed by atoms with van der Waals surface area (Å²) in [5.74, 6) is 0.435. The maximum atomic E-state index is 12.2. The standard InChI is InChI=1S/C20H34O3Si/c1-13(2)24(14(3)4,15(5)6)23-18-10-11-20-12-22-19(21)17(20)9-7-8-16(18)20/h7-8,13-18H,9-12H2,1-6H3/t16-,17+,18-,20+/m0/s1. The molecule has 0 unspecified atom stereocenters. The molecule has 0 radical (unpaired) electrons. The molecule has 4 atom stereocenters. The lowest BCUT2D eigenvalue weighted by molar-refractivity contribution is -0.141. The van der Waals surface area contributed by atoms with Crippen LogP contribution in [0.25, 0.3) is 0 Å². The quantitative estimate of drug-likeness (QED) is 0.394. The molecule has 3 rings (SSSR count). The highest BCUT2D eigenvalue weighted by Gasteiger charge is 2.61. The smallest absolute Gasteiger partial charge is 0.309 e. The Hall–Kier alpha value is -0.613. The molecule has 136 valence electrons. The summed E-state index contributed by atoms with van der Waals surface area (Å²) in [6.07, 6.45) is 7.80. The van der Waals surface area contributed by atoms with E-state index in [-0.39, 0.29) is 23.4 Å². The van der Waals surface area contributed by atoms with Crippen LogP contribution >= 0.6 is 0 Å². The maximum Gasteiger partial charge on any atom is 0.309 e. The molecule has 0 amide bonds. The molecule has 1 spiro atoms. The molecular weight excluding hydrogens is 316 g/mol. The van der Waals surface area contributed by atoms with Crippen molar-refractivity contribution in [2.45, 2.75) is 83.5 Å². The normalized spacial score (nSPS) is 35.7. The van der Waals surface area contributed by atoms with Crippen molar-refractivity contribution in [3.8, 4) is 0 Å². The fourth-order valence-corrected chi connectivity index (χ4v) is 11.8. The van der Waals surface area contributed by atoms with E-state index < -0.39 is 8.32 Å². The first-order valence-electron chi connectivity index (χ1n) is 9.76. The third kappa shape index (κ3) is 2.44. The summed E-state index contributed by atoms with van der Waals surface area (Å²) in [7, 11) is -1.89. The van der Waals surface area contributed by atoms with E-state index in [9.17, 15) is 4.79 Å². The van der Waals surface area contributed by atoms with Gasteiger partial charge in [-0.3, -0.25) is 4.79 Å². The molecule has 0 aromatic carbocycles. The van der Waals surface area contributed by atoms with Crippen molar-refractivity contribution in [2.24, 2.45) is 17.3 Å². The maximum absolute atomic E-state index is 12.2. The topological polar surface area (TPSA) is 35.5 Å². The number of cyclic esters (lactones) is 1. The van der Waals surface area contributed by atoms with E-state index >= 15 is 0 Å². The zero-order valence-corrected chi connectivity index (χ0v) is 17.2. The minimum atomic E-state index is -1.89. The van der Waals surface area contributed by atoms with Crippen LogP contribution in [0.15, 0.2) is 12.2 Å². The van der Waals surface area contributed by atoms with Gasteiger partial charge in [0.15, 0.2) is 0 Å². The summed E-state index contributed by atoms with van der Waals surface area (Å²) in [6, 6.07) is 0. The Bertz CT molecular complexity index is 503. The van der Waals surface area contributed by atoms with Gasteiger partial charge in [-0.2, -0.15) is 0 Å². The van der Waals surface area contributed by atoms with Gasteiger partial charge in [0.1, 0.15) is 0 Å². The molecule has 1 saturated heterocycles. The number of carbonyl (C=O) groups excluding carboxylic acids is 1. The molecular formula is C20H34O3Si. The predicted octanol–water partition coefficient (Wildman–Crippen LogP) is 5.08.